The van der Waals surface area contributed by atoms with Gasteiger partial charge in [-0.1, -0.05) is 35.0 Å². The first-order valence-electron chi connectivity index (χ1n) is 5.02. The fourth-order valence-corrected chi connectivity index (χ4v) is 1.51. The number of ether oxygens (including phenoxy) is 1. The van der Waals surface area contributed by atoms with Crippen LogP contribution in [0.2, 0.25) is 0 Å². The Kier molecular flexibility index (Phi) is 5.69. The van der Waals surface area contributed by atoms with Crippen molar-refractivity contribution in [3.05, 3.63) is 30.3 Å². The molecule has 1 aromatic rings. The second kappa shape index (κ2) is 6.88. The summed E-state index contributed by atoms with van der Waals surface area (Å²) in [6, 6.07) is 10.6. The number of rotatable bonds is 6. The average molecular weight is 256 g/mol. The molecule has 77 valence electrons. The van der Waals surface area contributed by atoms with E-state index in [9.17, 15) is 0 Å². The van der Waals surface area contributed by atoms with Gasteiger partial charge < -0.3 is 4.74 Å². The van der Waals surface area contributed by atoms with Crippen molar-refractivity contribution >= 4 is 15.9 Å². The van der Waals surface area contributed by atoms with Crippen molar-refractivity contribution in [2.45, 2.75) is 31.0 Å². The van der Waals surface area contributed by atoms with Gasteiger partial charge in [0.2, 0.25) is 0 Å². The smallest absolute Gasteiger partial charge is 0.119 e. The zero-order chi connectivity index (χ0) is 10.2. The lowest BCUT2D eigenvalue weighted by Crippen LogP contribution is -1.98. The summed E-state index contributed by atoms with van der Waals surface area (Å²) in [6.45, 7) is 2.98. The first-order chi connectivity index (χ1) is 6.79. The van der Waals surface area contributed by atoms with Crippen molar-refractivity contribution < 1.29 is 4.74 Å². The molecule has 0 N–H and O–H groups in total. The van der Waals surface area contributed by atoms with Crippen molar-refractivity contribution in [1.29, 1.82) is 0 Å². The maximum atomic E-state index is 5.55. The Hall–Kier alpha value is -0.500. The van der Waals surface area contributed by atoms with Crippen LogP contribution < -0.4 is 4.74 Å². The molecule has 0 bridgehead atoms. The van der Waals surface area contributed by atoms with Crippen LogP contribution in [0, 0.1) is 6.07 Å². The van der Waals surface area contributed by atoms with Crippen molar-refractivity contribution in [3.63, 3.8) is 0 Å². The fraction of sp³-hybridized carbons (Fsp3) is 0.500. The molecule has 1 rings (SSSR count). The summed E-state index contributed by atoms with van der Waals surface area (Å²) in [5.41, 5.74) is 0. The molecular weight excluding hydrogens is 240 g/mol. The Labute approximate surface area is 94.6 Å². The first kappa shape index (κ1) is 11.6. The van der Waals surface area contributed by atoms with E-state index in [1.807, 2.05) is 24.3 Å². The van der Waals surface area contributed by atoms with E-state index in [1.165, 1.54) is 12.8 Å². The molecule has 0 aromatic heterocycles. The number of hydrogen-bond donors (Lipinski definition) is 0. The topological polar surface area (TPSA) is 9.23 Å². The maximum absolute atomic E-state index is 5.55. The van der Waals surface area contributed by atoms with Gasteiger partial charge in [0.15, 0.2) is 0 Å². The van der Waals surface area contributed by atoms with E-state index in [2.05, 4.69) is 28.9 Å². The molecular formula is C12H16BrO. The van der Waals surface area contributed by atoms with Gasteiger partial charge in [0.1, 0.15) is 5.75 Å². The van der Waals surface area contributed by atoms with Crippen LogP contribution in [0.5, 0.6) is 5.75 Å². The molecule has 0 aliphatic rings. The predicted octanol–water partition coefficient (Wildman–Crippen LogP) is 3.82. The van der Waals surface area contributed by atoms with Crippen LogP contribution in [0.3, 0.4) is 0 Å². The minimum Gasteiger partial charge on any atom is -0.494 e. The molecule has 1 aromatic carbocycles. The standard InChI is InChI=1S/C12H16BrO/c1-11(13)7-5-6-10-14-12-8-3-2-4-9-12/h3-4,8-9,11H,5-7,10H2,1H3. The normalized spacial score (nSPS) is 12.4. The van der Waals surface area contributed by atoms with Gasteiger partial charge in [0, 0.05) is 4.83 Å². The number of hydrogen-bond acceptors (Lipinski definition) is 1. The minimum absolute atomic E-state index is 0.619. The van der Waals surface area contributed by atoms with E-state index in [0.717, 1.165) is 18.8 Å². The Morgan fingerprint density at radius 3 is 2.71 bits per heavy atom. The highest BCUT2D eigenvalue weighted by molar-refractivity contribution is 9.09. The summed E-state index contributed by atoms with van der Waals surface area (Å²) < 4.78 is 5.55. The molecule has 1 atom stereocenters. The quantitative estimate of drug-likeness (QED) is 0.555. The largest absolute Gasteiger partial charge is 0.494 e. The van der Waals surface area contributed by atoms with Crippen LogP contribution in [0.1, 0.15) is 26.2 Å². The van der Waals surface area contributed by atoms with E-state index in [0.29, 0.717) is 4.83 Å². The van der Waals surface area contributed by atoms with Gasteiger partial charge >= 0.3 is 0 Å². The van der Waals surface area contributed by atoms with E-state index in [-0.39, 0.29) is 0 Å². The molecule has 0 saturated heterocycles. The van der Waals surface area contributed by atoms with Gasteiger partial charge in [-0.2, -0.15) is 0 Å². The van der Waals surface area contributed by atoms with Crippen molar-refractivity contribution in [2.75, 3.05) is 6.61 Å². The number of halogens is 1. The van der Waals surface area contributed by atoms with Crippen LogP contribution in [-0.2, 0) is 0 Å². The fourth-order valence-electron chi connectivity index (χ4n) is 1.19. The molecule has 2 heteroatoms. The van der Waals surface area contributed by atoms with Crippen LogP contribution in [0.4, 0.5) is 0 Å². The summed E-state index contributed by atoms with van der Waals surface area (Å²) >= 11 is 3.53. The highest BCUT2D eigenvalue weighted by Crippen LogP contribution is 2.11. The summed E-state index contributed by atoms with van der Waals surface area (Å²) in [7, 11) is 0. The molecule has 0 heterocycles. The van der Waals surface area contributed by atoms with E-state index >= 15 is 0 Å². The number of alkyl halides is 1. The zero-order valence-electron chi connectivity index (χ0n) is 8.50. The monoisotopic (exact) mass is 255 g/mol. The molecule has 0 aliphatic carbocycles. The third kappa shape index (κ3) is 5.28. The number of benzene rings is 1. The lowest BCUT2D eigenvalue weighted by molar-refractivity contribution is 0.305. The van der Waals surface area contributed by atoms with E-state index < -0.39 is 0 Å². The zero-order valence-corrected chi connectivity index (χ0v) is 10.1. The minimum atomic E-state index is 0.619. The van der Waals surface area contributed by atoms with Gasteiger partial charge in [-0.05, 0) is 37.5 Å². The SMILES string of the molecule is CC(Br)CCCCOc1cc[c]cc1. The Morgan fingerprint density at radius 2 is 2.07 bits per heavy atom. The molecule has 14 heavy (non-hydrogen) atoms. The first-order valence-corrected chi connectivity index (χ1v) is 5.93. The second-order valence-electron chi connectivity index (χ2n) is 3.36. The highest BCUT2D eigenvalue weighted by atomic mass is 79.9. The summed E-state index contributed by atoms with van der Waals surface area (Å²) in [6.07, 6.45) is 3.55. The van der Waals surface area contributed by atoms with Crippen LogP contribution in [0.15, 0.2) is 24.3 Å². The Bertz CT molecular complexity index is 233. The van der Waals surface area contributed by atoms with Gasteiger partial charge in [0.25, 0.3) is 0 Å². The molecule has 0 aliphatic heterocycles. The van der Waals surface area contributed by atoms with Gasteiger partial charge in [0.05, 0.1) is 6.61 Å². The van der Waals surface area contributed by atoms with E-state index in [4.69, 9.17) is 4.74 Å². The van der Waals surface area contributed by atoms with Crippen molar-refractivity contribution in [2.24, 2.45) is 0 Å². The molecule has 0 spiro atoms. The molecule has 0 fully saturated rings. The molecule has 1 unspecified atom stereocenters. The van der Waals surface area contributed by atoms with Crippen LogP contribution >= 0.6 is 15.9 Å². The van der Waals surface area contributed by atoms with Crippen LogP contribution in [-0.4, -0.2) is 11.4 Å². The van der Waals surface area contributed by atoms with Crippen molar-refractivity contribution in [1.82, 2.24) is 0 Å². The van der Waals surface area contributed by atoms with Crippen LogP contribution in [0.25, 0.3) is 0 Å². The summed E-state index contributed by atoms with van der Waals surface area (Å²) in [4.78, 5) is 0.619. The Morgan fingerprint density at radius 1 is 1.36 bits per heavy atom. The summed E-state index contributed by atoms with van der Waals surface area (Å²) in [5.74, 6) is 0.940. The predicted molar refractivity (Wildman–Crippen MR) is 63.0 cm³/mol. The molecule has 1 nitrogen and oxygen atoms in total. The highest BCUT2D eigenvalue weighted by Gasteiger charge is 1.96. The maximum Gasteiger partial charge on any atom is 0.119 e. The van der Waals surface area contributed by atoms with Crippen molar-refractivity contribution in [3.8, 4) is 5.75 Å². The third-order valence-electron chi connectivity index (χ3n) is 1.95. The molecule has 0 saturated carbocycles. The Balaban J connectivity index is 2.05. The third-order valence-corrected chi connectivity index (χ3v) is 2.41. The van der Waals surface area contributed by atoms with Gasteiger partial charge in [-0.3, -0.25) is 0 Å². The lowest BCUT2D eigenvalue weighted by atomic mass is 10.2. The molecule has 1 radical (unpaired) electrons. The van der Waals surface area contributed by atoms with E-state index in [1.54, 1.807) is 0 Å². The van der Waals surface area contributed by atoms with Gasteiger partial charge in [-0.25, -0.2) is 0 Å². The molecule has 0 amide bonds. The summed E-state index contributed by atoms with van der Waals surface area (Å²) in [5, 5.41) is 0. The number of unbranched alkanes of at least 4 members (excludes halogenated alkanes) is 1. The van der Waals surface area contributed by atoms with Gasteiger partial charge in [-0.15, -0.1) is 0 Å². The lowest BCUT2D eigenvalue weighted by Gasteiger charge is -2.06. The average Bonchev–Trinajstić information content (AvgIpc) is 2.18. The second-order valence-corrected chi connectivity index (χ2v) is 4.92.